The predicted octanol–water partition coefficient (Wildman–Crippen LogP) is 4.02. The molecule has 3 saturated heterocycles. The van der Waals surface area contributed by atoms with Gasteiger partial charge in [-0.15, -0.1) is 0 Å². The van der Waals surface area contributed by atoms with Gasteiger partial charge >= 0.3 is 0 Å². The largest absolute Gasteiger partial charge is 0.398 e. The maximum absolute atomic E-state index is 14.0. The SMILES string of the molecule is Cc1ccc(S(=O)(=O)N(c2cccc3c(N)cccc23)[C@H]2CN3CCC2CC3)cc1. The maximum Gasteiger partial charge on any atom is 0.264 e. The molecule has 0 amide bonds. The summed E-state index contributed by atoms with van der Waals surface area (Å²) in [5.74, 6) is 0.367. The number of rotatable bonds is 4. The fourth-order valence-corrected chi connectivity index (χ4v) is 6.74. The van der Waals surface area contributed by atoms with Gasteiger partial charge in [-0.3, -0.25) is 4.31 Å². The average molecular weight is 422 g/mol. The van der Waals surface area contributed by atoms with Crippen LogP contribution in [0.15, 0.2) is 65.6 Å². The van der Waals surface area contributed by atoms with E-state index in [9.17, 15) is 8.42 Å². The Bertz CT molecular complexity index is 1180. The van der Waals surface area contributed by atoms with Crippen LogP contribution in [-0.4, -0.2) is 39.0 Å². The van der Waals surface area contributed by atoms with Crippen LogP contribution >= 0.6 is 0 Å². The van der Waals surface area contributed by atoms with E-state index in [0.717, 1.165) is 54.5 Å². The Kier molecular flexibility index (Phi) is 4.71. The van der Waals surface area contributed by atoms with Gasteiger partial charge in [-0.05, 0) is 63.0 Å². The third-order valence-corrected chi connectivity index (χ3v) is 8.52. The molecule has 1 atom stereocenters. The molecule has 5 nitrogen and oxygen atoms in total. The lowest BCUT2D eigenvalue weighted by Gasteiger charge is -2.49. The molecule has 3 heterocycles. The van der Waals surface area contributed by atoms with E-state index in [1.54, 1.807) is 16.4 Å². The number of nitrogen functional groups attached to an aromatic ring is 1. The van der Waals surface area contributed by atoms with E-state index in [0.29, 0.717) is 16.5 Å². The molecular weight excluding hydrogens is 394 g/mol. The summed E-state index contributed by atoms with van der Waals surface area (Å²) in [7, 11) is -3.73. The minimum Gasteiger partial charge on any atom is -0.398 e. The molecule has 0 aliphatic carbocycles. The minimum atomic E-state index is -3.73. The third kappa shape index (κ3) is 3.15. The number of nitrogens with zero attached hydrogens (tertiary/aromatic N) is 2. The average Bonchev–Trinajstić information content (AvgIpc) is 2.76. The minimum absolute atomic E-state index is 0.0779. The predicted molar refractivity (Wildman–Crippen MR) is 122 cm³/mol. The lowest BCUT2D eigenvalue weighted by molar-refractivity contribution is 0.0915. The smallest absolute Gasteiger partial charge is 0.264 e. The molecule has 6 rings (SSSR count). The van der Waals surface area contributed by atoms with Crippen molar-refractivity contribution >= 4 is 32.2 Å². The van der Waals surface area contributed by atoms with Gasteiger partial charge in [0, 0.05) is 23.0 Å². The fourth-order valence-electron chi connectivity index (χ4n) is 5.02. The molecule has 6 heteroatoms. The second-order valence-corrected chi connectivity index (χ2v) is 10.4. The van der Waals surface area contributed by atoms with E-state index in [1.807, 2.05) is 55.5 Å². The van der Waals surface area contributed by atoms with Gasteiger partial charge in [-0.2, -0.15) is 0 Å². The lowest BCUT2D eigenvalue weighted by atomic mass is 9.84. The van der Waals surface area contributed by atoms with E-state index < -0.39 is 10.0 Å². The summed E-state index contributed by atoms with van der Waals surface area (Å²) in [5.41, 5.74) is 8.65. The standard InChI is InChI=1S/C24H27N3O2S/c1-17-8-10-19(11-9-17)30(28,29)27(24-16-26-14-12-18(24)13-15-26)23-7-3-4-20-21(23)5-2-6-22(20)25/h2-11,18,24H,12-16,25H2,1H3/t24-/m0/s1. The van der Waals surface area contributed by atoms with Gasteiger partial charge < -0.3 is 10.6 Å². The third-order valence-electron chi connectivity index (χ3n) is 6.67. The fraction of sp³-hybridized carbons (Fsp3) is 0.333. The Hall–Kier alpha value is -2.57. The molecular formula is C24H27N3O2S. The van der Waals surface area contributed by atoms with Crippen LogP contribution in [0.4, 0.5) is 11.4 Å². The van der Waals surface area contributed by atoms with Gasteiger partial charge in [-0.1, -0.05) is 42.0 Å². The molecule has 3 aliphatic rings. The van der Waals surface area contributed by atoms with E-state index in [2.05, 4.69) is 4.90 Å². The van der Waals surface area contributed by atoms with Crippen molar-refractivity contribution < 1.29 is 8.42 Å². The number of piperidine rings is 3. The van der Waals surface area contributed by atoms with Crippen molar-refractivity contribution in [3.05, 3.63) is 66.2 Å². The van der Waals surface area contributed by atoms with Crippen LogP contribution in [0.2, 0.25) is 0 Å². The number of anilines is 2. The Morgan fingerprint density at radius 2 is 1.60 bits per heavy atom. The molecule has 2 bridgehead atoms. The highest BCUT2D eigenvalue weighted by Gasteiger charge is 2.43. The number of nitrogens with two attached hydrogens (primary N) is 1. The summed E-state index contributed by atoms with van der Waals surface area (Å²) in [6.07, 6.45) is 2.08. The number of hydrogen-bond donors (Lipinski definition) is 1. The Balaban J connectivity index is 1.72. The normalized spacial score (nSPS) is 23.6. The molecule has 0 spiro atoms. The van der Waals surface area contributed by atoms with Gasteiger partial charge in [0.15, 0.2) is 0 Å². The molecule has 30 heavy (non-hydrogen) atoms. The van der Waals surface area contributed by atoms with Crippen LogP contribution < -0.4 is 10.0 Å². The van der Waals surface area contributed by atoms with Crippen molar-refractivity contribution in [2.24, 2.45) is 5.92 Å². The van der Waals surface area contributed by atoms with Crippen molar-refractivity contribution in [1.82, 2.24) is 4.90 Å². The second kappa shape index (κ2) is 7.29. The van der Waals surface area contributed by atoms with E-state index in [-0.39, 0.29) is 6.04 Å². The molecule has 3 aromatic carbocycles. The topological polar surface area (TPSA) is 66.6 Å². The van der Waals surface area contributed by atoms with Crippen molar-refractivity contribution in [3.8, 4) is 0 Å². The van der Waals surface area contributed by atoms with Crippen LogP contribution in [-0.2, 0) is 10.0 Å². The summed E-state index contributed by atoms with van der Waals surface area (Å²) in [4.78, 5) is 2.73. The zero-order chi connectivity index (χ0) is 20.9. The second-order valence-electron chi connectivity index (χ2n) is 8.54. The Labute approximate surface area is 178 Å². The lowest BCUT2D eigenvalue weighted by Crippen LogP contribution is -2.59. The zero-order valence-electron chi connectivity index (χ0n) is 17.2. The van der Waals surface area contributed by atoms with Crippen molar-refractivity contribution in [2.75, 3.05) is 29.7 Å². The molecule has 3 aromatic rings. The molecule has 2 N–H and O–H groups in total. The van der Waals surface area contributed by atoms with Crippen LogP contribution in [0, 0.1) is 12.8 Å². The molecule has 0 radical (unpaired) electrons. The van der Waals surface area contributed by atoms with Gasteiger partial charge in [0.05, 0.1) is 16.6 Å². The summed E-state index contributed by atoms with van der Waals surface area (Å²) >= 11 is 0. The molecule has 3 fully saturated rings. The molecule has 0 aromatic heterocycles. The first-order valence-corrected chi connectivity index (χ1v) is 12.0. The molecule has 0 saturated carbocycles. The first-order chi connectivity index (χ1) is 14.4. The first kappa shape index (κ1) is 19.4. The highest BCUT2D eigenvalue weighted by atomic mass is 32.2. The molecule has 156 valence electrons. The highest BCUT2D eigenvalue weighted by Crippen LogP contribution is 2.40. The van der Waals surface area contributed by atoms with Gasteiger partial charge in [0.2, 0.25) is 0 Å². The van der Waals surface area contributed by atoms with E-state index in [1.165, 1.54) is 0 Å². The highest BCUT2D eigenvalue weighted by molar-refractivity contribution is 7.92. The monoisotopic (exact) mass is 421 g/mol. The number of sulfonamides is 1. The van der Waals surface area contributed by atoms with E-state index >= 15 is 0 Å². The summed E-state index contributed by atoms with van der Waals surface area (Å²) in [6, 6.07) is 18.6. The van der Waals surface area contributed by atoms with Crippen LogP contribution in [0.25, 0.3) is 10.8 Å². The van der Waals surface area contributed by atoms with E-state index in [4.69, 9.17) is 5.73 Å². The van der Waals surface area contributed by atoms with Gasteiger partial charge in [-0.25, -0.2) is 8.42 Å². The summed E-state index contributed by atoms with van der Waals surface area (Å²) < 4.78 is 29.8. The zero-order valence-corrected chi connectivity index (χ0v) is 18.0. The quantitative estimate of drug-likeness (QED) is 0.646. The Morgan fingerprint density at radius 3 is 2.27 bits per heavy atom. The summed E-state index contributed by atoms with van der Waals surface area (Å²) in [6.45, 7) is 4.85. The number of aryl methyl sites for hydroxylation is 1. The van der Waals surface area contributed by atoms with Crippen LogP contribution in [0.5, 0.6) is 0 Å². The number of benzene rings is 3. The molecule has 0 unspecified atom stereocenters. The maximum atomic E-state index is 14.0. The first-order valence-electron chi connectivity index (χ1n) is 10.6. The van der Waals surface area contributed by atoms with Crippen LogP contribution in [0.1, 0.15) is 18.4 Å². The van der Waals surface area contributed by atoms with Crippen molar-refractivity contribution in [2.45, 2.75) is 30.7 Å². The number of fused-ring (bicyclic) bond motifs is 4. The van der Waals surface area contributed by atoms with Gasteiger partial charge in [0.25, 0.3) is 10.0 Å². The molecule has 3 aliphatic heterocycles. The number of hydrogen-bond acceptors (Lipinski definition) is 4. The van der Waals surface area contributed by atoms with Crippen molar-refractivity contribution in [1.29, 1.82) is 0 Å². The van der Waals surface area contributed by atoms with Crippen LogP contribution in [0.3, 0.4) is 0 Å². The summed E-state index contributed by atoms with van der Waals surface area (Å²) in [5, 5.41) is 1.77. The van der Waals surface area contributed by atoms with Crippen molar-refractivity contribution in [3.63, 3.8) is 0 Å². The Morgan fingerprint density at radius 1 is 0.933 bits per heavy atom. The van der Waals surface area contributed by atoms with Gasteiger partial charge in [0.1, 0.15) is 0 Å².